The van der Waals surface area contributed by atoms with Crippen LogP contribution in [0, 0.1) is 0 Å². The van der Waals surface area contributed by atoms with Gasteiger partial charge >= 0.3 is 97.4 Å². The topological polar surface area (TPSA) is 0 Å². The maximum atomic E-state index is 3.76. The third-order valence-electron chi connectivity index (χ3n) is 3.82. The quantitative estimate of drug-likeness (QED) is 0.167. The van der Waals surface area contributed by atoms with Gasteiger partial charge in [-0.25, -0.2) is 0 Å². The van der Waals surface area contributed by atoms with Gasteiger partial charge in [0, 0.05) is 0 Å². The first kappa shape index (κ1) is 19.5. The fourth-order valence-corrected chi connectivity index (χ4v) is 3.16. The molecule has 114 valence electrons. The Hall–Kier alpha value is 0.530. The predicted molar refractivity (Wildman–Crippen MR) is 91.4 cm³/mol. The predicted octanol–water partition coefficient (Wildman–Crippen LogP) is 6.34. The van der Waals surface area contributed by atoms with Crippen LogP contribution in [-0.2, 0) is 0 Å². The molecule has 0 amide bonds. The van der Waals surface area contributed by atoms with Crippen LogP contribution >= 0.6 is 0 Å². The van der Waals surface area contributed by atoms with Crippen LogP contribution in [0.1, 0.15) is 96.3 Å². The standard InChI is InChI=1S/C18H36Te/c1-2-3-4-5-6-7-8-9-10-11-12-13-14-15-16-17-18-19/h2,19H,1,3-18H2. The molecule has 0 saturated heterocycles. The monoisotopic (exact) mass is 382 g/mol. The van der Waals surface area contributed by atoms with Crippen LogP contribution in [0.5, 0.6) is 0 Å². The minimum atomic E-state index is 1.21. The molecule has 0 N–H and O–H groups in total. The average Bonchev–Trinajstić information content (AvgIpc) is 2.43. The summed E-state index contributed by atoms with van der Waals surface area (Å²) in [6, 6.07) is 0. The summed E-state index contributed by atoms with van der Waals surface area (Å²) >= 11 is 1.97. The normalized spacial score (nSPS) is 10.8. The summed E-state index contributed by atoms with van der Waals surface area (Å²) in [7, 11) is 0. The van der Waals surface area contributed by atoms with Gasteiger partial charge in [0.1, 0.15) is 0 Å². The molecule has 0 fully saturated rings. The van der Waals surface area contributed by atoms with Crippen molar-refractivity contribution in [3.8, 4) is 0 Å². The first-order valence-electron chi connectivity index (χ1n) is 8.63. The zero-order valence-electron chi connectivity index (χ0n) is 13.0. The van der Waals surface area contributed by atoms with E-state index in [1.165, 1.54) is 101 Å². The van der Waals surface area contributed by atoms with Crippen molar-refractivity contribution >= 4 is 22.3 Å². The molecule has 0 unspecified atom stereocenters. The van der Waals surface area contributed by atoms with Gasteiger partial charge in [0.05, 0.1) is 0 Å². The van der Waals surface area contributed by atoms with E-state index in [9.17, 15) is 0 Å². The molecule has 1 heteroatoms. The van der Waals surface area contributed by atoms with Gasteiger partial charge in [-0.1, -0.05) is 18.9 Å². The second-order valence-corrected chi connectivity index (χ2v) is 7.03. The molecule has 0 aliphatic heterocycles. The molecule has 0 aromatic heterocycles. The van der Waals surface area contributed by atoms with E-state index < -0.39 is 0 Å². The van der Waals surface area contributed by atoms with Gasteiger partial charge in [0.15, 0.2) is 0 Å². The molecule has 0 heterocycles. The van der Waals surface area contributed by atoms with Crippen molar-refractivity contribution in [2.75, 3.05) is 0 Å². The van der Waals surface area contributed by atoms with E-state index in [4.69, 9.17) is 0 Å². The van der Waals surface area contributed by atoms with Crippen LogP contribution in [0.3, 0.4) is 0 Å². The second-order valence-electron chi connectivity index (χ2n) is 5.75. The molecule has 0 aromatic rings. The molecule has 0 atom stereocenters. The first-order chi connectivity index (χ1) is 9.41. The molecule has 0 aliphatic carbocycles. The van der Waals surface area contributed by atoms with Crippen molar-refractivity contribution in [2.24, 2.45) is 0 Å². The Morgan fingerprint density at radius 1 is 0.526 bits per heavy atom. The molecule has 0 aromatic carbocycles. The molecule has 0 bridgehead atoms. The fourth-order valence-electron chi connectivity index (χ4n) is 2.52. The Labute approximate surface area is 135 Å². The van der Waals surface area contributed by atoms with E-state index in [1.807, 2.05) is 28.4 Å². The number of hydrogen-bond acceptors (Lipinski definition) is 0. The molecular formula is C18H36Te. The third-order valence-corrected chi connectivity index (χ3v) is 4.72. The number of rotatable bonds is 16. The van der Waals surface area contributed by atoms with Gasteiger partial charge in [-0.05, 0) is 12.8 Å². The summed E-state index contributed by atoms with van der Waals surface area (Å²) in [6.07, 6.45) is 23.6. The van der Waals surface area contributed by atoms with Crippen LogP contribution in [0.4, 0.5) is 0 Å². The summed E-state index contributed by atoms with van der Waals surface area (Å²) in [5.74, 6) is 0. The van der Waals surface area contributed by atoms with E-state index in [-0.39, 0.29) is 0 Å². The third kappa shape index (κ3) is 18.5. The van der Waals surface area contributed by atoms with Crippen molar-refractivity contribution in [3.05, 3.63) is 12.7 Å². The molecule has 0 nitrogen and oxygen atoms in total. The summed E-state index contributed by atoms with van der Waals surface area (Å²) < 4.78 is 1.42. The van der Waals surface area contributed by atoms with Gasteiger partial charge < -0.3 is 0 Å². The second kappa shape index (κ2) is 18.5. The van der Waals surface area contributed by atoms with Crippen LogP contribution in [0.2, 0.25) is 4.47 Å². The minimum absolute atomic E-state index is 1.21. The molecule has 0 rings (SSSR count). The van der Waals surface area contributed by atoms with Crippen molar-refractivity contribution in [1.29, 1.82) is 0 Å². The Kier molecular flexibility index (Phi) is 19.0. The molecule has 0 saturated carbocycles. The van der Waals surface area contributed by atoms with E-state index in [0.29, 0.717) is 0 Å². The number of unbranched alkanes of at least 4 members (excludes halogenated alkanes) is 14. The van der Waals surface area contributed by atoms with Crippen LogP contribution in [0.25, 0.3) is 0 Å². The van der Waals surface area contributed by atoms with Crippen molar-refractivity contribution < 1.29 is 0 Å². The zero-order valence-corrected chi connectivity index (χ0v) is 15.6. The van der Waals surface area contributed by atoms with Crippen LogP contribution in [0.15, 0.2) is 12.7 Å². The summed E-state index contributed by atoms with van der Waals surface area (Å²) in [6.45, 7) is 3.76. The van der Waals surface area contributed by atoms with E-state index in [0.717, 1.165) is 0 Å². The van der Waals surface area contributed by atoms with E-state index in [1.54, 1.807) is 0 Å². The van der Waals surface area contributed by atoms with Crippen LogP contribution in [-0.4, -0.2) is 22.3 Å². The van der Waals surface area contributed by atoms with E-state index in [2.05, 4.69) is 6.58 Å². The molecule has 19 heavy (non-hydrogen) atoms. The van der Waals surface area contributed by atoms with Crippen molar-refractivity contribution in [1.82, 2.24) is 0 Å². The Morgan fingerprint density at radius 3 is 1.16 bits per heavy atom. The Balaban J connectivity index is 2.89. The number of hydrogen-bond donors (Lipinski definition) is 0. The van der Waals surface area contributed by atoms with Crippen LogP contribution < -0.4 is 0 Å². The van der Waals surface area contributed by atoms with Gasteiger partial charge in [0.25, 0.3) is 0 Å². The average molecular weight is 380 g/mol. The SMILES string of the molecule is C=CCCCCCCCCCCCCCCCC[TeH]. The fraction of sp³-hybridized carbons (Fsp3) is 0.889. The van der Waals surface area contributed by atoms with Crippen molar-refractivity contribution in [2.45, 2.75) is 101 Å². The Bertz CT molecular complexity index is 165. The van der Waals surface area contributed by atoms with Gasteiger partial charge in [-0.15, -0.1) is 6.58 Å². The molecular weight excluding hydrogens is 344 g/mol. The van der Waals surface area contributed by atoms with Gasteiger partial charge in [-0.3, -0.25) is 0 Å². The molecule has 0 radical (unpaired) electrons. The van der Waals surface area contributed by atoms with Crippen molar-refractivity contribution in [3.63, 3.8) is 0 Å². The van der Waals surface area contributed by atoms with Gasteiger partial charge in [-0.2, -0.15) is 0 Å². The van der Waals surface area contributed by atoms with Gasteiger partial charge in [0.2, 0.25) is 0 Å². The molecule has 0 aliphatic rings. The molecule has 0 spiro atoms. The zero-order chi connectivity index (χ0) is 14.0. The Morgan fingerprint density at radius 2 is 0.842 bits per heavy atom. The summed E-state index contributed by atoms with van der Waals surface area (Å²) in [4.78, 5) is 0. The van der Waals surface area contributed by atoms with E-state index >= 15 is 0 Å². The number of allylic oxidation sites excluding steroid dienone is 1. The summed E-state index contributed by atoms with van der Waals surface area (Å²) in [5, 5.41) is 0. The summed E-state index contributed by atoms with van der Waals surface area (Å²) in [5.41, 5.74) is 0. The first-order valence-corrected chi connectivity index (χ1v) is 10.4. The maximum absolute atomic E-state index is 3.76.